The van der Waals surface area contributed by atoms with Crippen molar-refractivity contribution in [3.8, 4) is 0 Å². The largest absolute Gasteiger partial charge is 0.462 e. The average molecular weight is 446 g/mol. The van der Waals surface area contributed by atoms with Gasteiger partial charge in [0.25, 0.3) is 5.91 Å². The van der Waals surface area contributed by atoms with Gasteiger partial charge in [0.15, 0.2) is 0 Å². The Hall–Kier alpha value is -2.41. The molecule has 2 aromatic rings. The third kappa shape index (κ3) is 4.70. The van der Waals surface area contributed by atoms with E-state index in [0.717, 1.165) is 34.4 Å². The molecule has 0 atom stereocenters. The Morgan fingerprint density at radius 3 is 2.64 bits per heavy atom. The molecular formula is C21H24BrN3O3. The minimum Gasteiger partial charge on any atom is -0.462 e. The van der Waals surface area contributed by atoms with E-state index < -0.39 is 0 Å². The van der Waals surface area contributed by atoms with Gasteiger partial charge in [-0.3, -0.25) is 4.79 Å². The molecule has 0 radical (unpaired) electrons. The Morgan fingerprint density at radius 1 is 1.14 bits per heavy atom. The number of nitrogens with zero attached hydrogens (tertiary/aromatic N) is 3. The summed E-state index contributed by atoms with van der Waals surface area (Å²) in [5.74, 6) is 0.513. The van der Waals surface area contributed by atoms with Crippen LogP contribution in [-0.2, 0) is 4.74 Å². The number of hydrogen-bond donors (Lipinski definition) is 0. The lowest BCUT2D eigenvalue weighted by Crippen LogP contribution is -2.35. The lowest BCUT2D eigenvalue weighted by molar-refractivity contribution is 0.0525. The van der Waals surface area contributed by atoms with E-state index in [-0.39, 0.29) is 11.9 Å². The zero-order valence-corrected chi connectivity index (χ0v) is 17.7. The van der Waals surface area contributed by atoms with E-state index in [9.17, 15) is 9.59 Å². The molecule has 0 aliphatic carbocycles. The average Bonchev–Trinajstić information content (AvgIpc) is 2.94. The first-order valence-corrected chi connectivity index (χ1v) is 10.2. The van der Waals surface area contributed by atoms with E-state index in [2.05, 4.69) is 25.8 Å². The fourth-order valence-corrected chi connectivity index (χ4v) is 3.77. The van der Waals surface area contributed by atoms with Crippen molar-refractivity contribution in [2.24, 2.45) is 0 Å². The Labute approximate surface area is 173 Å². The van der Waals surface area contributed by atoms with Crippen LogP contribution in [0.2, 0.25) is 0 Å². The molecule has 28 heavy (non-hydrogen) atoms. The van der Waals surface area contributed by atoms with E-state index in [1.807, 2.05) is 36.1 Å². The van der Waals surface area contributed by atoms with Crippen molar-refractivity contribution in [3.63, 3.8) is 0 Å². The number of hydrogen-bond acceptors (Lipinski definition) is 5. The van der Waals surface area contributed by atoms with E-state index in [1.165, 1.54) is 0 Å². The summed E-state index contributed by atoms with van der Waals surface area (Å²) in [6.07, 6.45) is 2.41. The van der Waals surface area contributed by atoms with Gasteiger partial charge in [-0.25, -0.2) is 9.78 Å². The van der Waals surface area contributed by atoms with Gasteiger partial charge in [0.05, 0.1) is 12.2 Å². The van der Waals surface area contributed by atoms with Crippen LogP contribution in [0.1, 0.15) is 39.6 Å². The first-order chi connectivity index (χ1) is 13.5. The number of halogens is 1. The van der Waals surface area contributed by atoms with Crippen molar-refractivity contribution >= 4 is 33.6 Å². The molecule has 148 valence electrons. The molecule has 0 saturated carbocycles. The number of ether oxygens (including phenoxy) is 1. The van der Waals surface area contributed by atoms with Crippen LogP contribution in [0.25, 0.3) is 0 Å². The van der Waals surface area contributed by atoms with Gasteiger partial charge in [-0.1, -0.05) is 15.9 Å². The summed E-state index contributed by atoms with van der Waals surface area (Å²) < 4.78 is 5.97. The molecule has 0 bridgehead atoms. The SMILES string of the molecule is CCOC(=O)c1ccc(N2CCCN(C(=O)c3ccc(Br)cc3C)CC2)nc1. The number of carbonyl (C=O) groups excluding carboxylic acids is 2. The predicted molar refractivity (Wildman–Crippen MR) is 112 cm³/mol. The van der Waals surface area contributed by atoms with Crippen LogP contribution in [-0.4, -0.2) is 54.5 Å². The van der Waals surface area contributed by atoms with Crippen LogP contribution in [0.5, 0.6) is 0 Å². The molecule has 7 heteroatoms. The summed E-state index contributed by atoms with van der Waals surface area (Å²) in [6, 6.07) is 9.31. The highest BCUT2D eigenvalue weighted by Gasteiger charge is 2.22. The van der Waals surface area contributed by atoms with Gasteiger partial charge in [0.1, 0.15) is 5.82 Å². The number of aromatic nitrogens is 1. The van der Waals surface area contributed by atoms with E-state index in [4.69, 9.17) is 4.74 Å². The van der Waals surface area contributed by atoms with Crippen molar-refractivity contribution in [1.29, 1.82) is 0 Å². The molecule has 0 unspecified atom stereocenters. The second-order valence-corrected chi connectivity index (χ2v) is 7.63. The molecule has 1 aliphatic rings. The topological polar surface area (TPSA) is 62.7 Å². The van der Waals surface area contributed by atoms with Crippen LogP contribution in [0, 0.1) is 6.92 Å². The number of pyridine rings is 1. The van der Waals surface area contributed by atoms with Crippen LogP contribution in [0.4, 0.5) is 5.82 Å². The number of esters is 1. The van der Waals surface area contributed by atoms with Gasteiger partial charge < -0.3 is 14.5 Å². The second-order valence-electron chi connectivity index (χ2n) is 6.72. The summed E-state index contributed by atoms with van der Waals surface area (Å²) in [5, 5.41) is 0. The fourth-order valence-electron chi connectivity index (χ4n) is 3.30. The molecule has 1 aromatic carbocycles. The lowest BCUT2D eigenvalue weighted by Gasteiger charge is -2.23. The van der Waals surface area contributed by atoms with E-state index >= 15 is 0 Å². The quantitative estimate of drug-likeness (QED) is 0.671. The number of benzene rings is 1. The molecule has 1 aliphatic heterocycles. The van der Waals surface area contributed by atoms with Crippen molar-refractivity contribution in [2.75, 3.05) is 37.7 Å². The van der Waals surface area contributed by atoms with Gasteiger partial charge in [0.2, 0.25) is 0 Å². The molecule has 3 rings (SSSR count). The van der Waals surface area contributed by atoms with Crippen LogP contribution in [0.3, 0.4) is 0 Å². The molecular weight excluding hydrogens is 422 g/mol. The standard InChI is InChI=1S/C21H24BrN3O3/c1-3-28-21(27)16-5-8-19(23-14-16)24-9-4-10-25(12-11-24)20(26)18-7-6-17(22)13-15(18)2/h5-8,13-14H,3-4,9-12H2,1-2H3. The number of aryl methyl sites for hydroxylation is 1. The highest BCUT2D eigenvalue weighted by molar-refractivity contribution is 9.10. The number of anilines is 1. The number of carbonyl (C=O) groups is 2. The molecule has 1 fully saturated rings. The lowest BCUT2D eigenvalue weighted by atomic mass is 10.1. The summed E-state index contributed by atoms with van der Waals surface area (Å²) in [4.78, 5) is 33.2. The van der Waals surface area contributed by atoms with Crippen molar-refractivity contribution in [2.45, 2.75) is 20.3 Å². The molecule has 1 amide bonds. The van der Waals surface area contributed by atoms with Gasteiger partial charge in [-0.05, 0) is 56.2 Å². The van der Waals surface area contributed by atoms with E-state index in [0.29, 0.717) is 31.8 Å². The second kappa shape index (κ2) is 9.19. The van der Waals surface area contributed by atoms with Crippen LogP contribution < -0.4 is 4.90 Å². The third-order valence-electron chi connectivity index (χ3n) is 4.78. The first kappa shape index (κ1) is 20.3. The number of amides is 1. The summed E-state index contributed by atoms with van der Waals surface area (Å²) in [5.41, 5.74) is 2.16. The highest BCUT2D eigenvalue weighted by atomic mass is 79.9. The molecule has 1 aromatic heterocycles. The Balaban J connectivity index is 1.66. The van der Waals surface area contributed by atoms with Gasteiger partial charge in [-0.2, -0.15) is 0 Å². The number of rotatable bonds is 4. The Bertz CT molecular complexity index is 854. The Morgan fingerprint density at radius 2 is 1.96 bits per heavy atom. The Kier molecular flexibility index (Phi) is 6.67. The molecule has 2 heterocycles. The zero-order chi connectivity index (χ0) is 20.1. The van der Waals surface area contributed by atoms with Crippen LogP contribution >= 0.6 is 15.9 Å². The van der Waals surface area contributed by atoms with Gasteiger partial charge >= 0.3 is 5.97 Å². The van der Waals surface area contributed by atoms with Gasteiger partial charge in [0, 0.05) is 42.4 Å². The molecule has 6 nitrogen and oxygen atoms in total. The van der Waals surface area contributed by atoms with Crippen molar-refractivity contribution in [1.82, 2.24) is 9.88 Å². The highest BCUT2D eigenvalue weighted by Crippen LogP contribution is 2.20. The van der Waals surface area contributed by atoms with Crippen LogP contribution in [0.15, 0.2) is 41.0 Å². The van der Waals surface area contributed by atoms with E-state index in [1.54, 1.807) is 19.2 Å². The maximum atomic E-state index is 12.9. The minimum absolute atomic E-state index is 0.0671. The van der Waals surface area contributed by atoms with Gasteiger partial charge in [-0.15, -0.1) is 0 Å². The summed E-state index contributed by atoms with van der Waals surface area (Å²) >= 11 is 3.44. The maximum absolute atomic E-state index is 12.9. The zero-order valence-electron chi connectivity index (χ0n) is 16.2. The normalized spacial score (nSPS) is 14.5. The van der Waals surface area contributed by atoms with Crippen molar-refractivity contribution in [3.05, 3.63) is 57.7 Å². The van der Waals surface area contributed by atoms with Crippen molar-refractivity contribution < 1.29 is 14.3 Å². The predicted octanol–water partition coefficient (Wildman–Crippen LogP) is 3.68. The summed E-state index contributed by atoms with van der Waals surface area (Å²) in [7, 11) is 0. The smallest absolute Gasteiger partial charge is 0.339 e. The minimum atomic E-state index is -0.362. The third-order valence-corrected chi connectivity index (χ3v) is 5.28. The first-order valence-electron chi connectivity index (χ1n) is 9.43. The molecule has 1 saturated heterocycles. The summed E-state index contributed by atoms with van der Waals surface area (Å²) in [6.45, 7) is 6.94. The monoisotopic (exact) mass is 445 g/mol. The maximum Gasteiger partial charge on any atom is 0.339 e. The molecule has 0 spiro atoms. The molecule has 0 N–H and O–H groups in total. The fraction of sp³-hybridized carbons (Fsp3) is 0.381.